The second-order valence-electron chi connectivity index (χ2n) is 7.67. The van der Waals surface area contributed by atoms with Crippen LogP contribution in [0.4, 0.5) is 10.1 Å². The van der Waals surface area contributed by atoms with Crippen LogP contribution in [-0.2, 0) is 14.4 Å². The van der Waals surface area contributed by atoms with Crippen molar-refractivity contribution in [1.29, 1.82) is 0 Å². The van der Waals surface area contributed by atoms with Gasteiger partial charge in [-0.05, 0) is 36.6 Å². The van der Waals surface area contributed by atoms with Crippen LogP contribution in [0.5, 0.6) is 0 Å². The van der Waals surface area contributed by atoms with Gasteiger partial charge in [-0.25, -0.2) is 9.45 Å². The smallest absolute Gasteiger partial charge is 0.251 e. The molecule has 0 saturated heterocycles. The molecule has 1 aliphatic carbocycles. The first kappa shape index (κ1) is 21.0. The summed E-state index contributed by atoms with van der Waals surface area (Å²) in [7, 11) is 0. The fraction of sp³-hybridized carbons (Fsp3) is 0.476. The van der Waals surface area contributed by atoms with E-state index in [0.717, 1.165) is 25.7 Å². The van der Waals surface area contributed by atoms with E-state index in [2.05, 4.69) is 5.32 Å². The van der Waals surface area contributed by atoms with E-state index in [1.54, 1.807) is 12.2 Å². The summed E-state index contributed by atoms with van der Waals surface area (Å²) in [5, 5.41) is 12.8. The fourth-order valence-corrected chi connectivity index (χ4v) is 4.13. The maximum atomic E-state index is 13.2. The Kier molecular flexibility index (Phi) is 6.98. The van der Waals surface area contributed by atoms with Crippen LogP contribution < -0.4 is 5.32 Å². The number of benzene rings is 1. The van der Waals surface area contributed by atoms with Gasteiger partial charge in [0.05, 0.1) is 12.5 Å². The first-order chi connectivity index (χ1) is 14.0. The normalized spacial score (nSPS) is 19.9. The van der Waals surface area contributed by atoms with Crippen LogP contribution in [0.15, 0.2) is 36.4 Å². The van der Waals surface area contributed by atoms with E-state index in [1.165, 1.54) is 29.2 Å². The second kappa shape index (κ2) is 9.65. The molecule has 3 amide bonds. The van der Waals surface area contributed by atoms with Crippen molar-refractivity contribution in [1.82, 2.24) is 9.96 Å². The van der Waals surface area contributed by atoms with Gasteiger partial charge in [0.25, 0.3) is 5.91 Å². The van der Waals surface area contributed by atoms with Crippen LogP contribution >= 0.6 is 0 Å². The number of rotatable bonds is 8. The van der Waals surface area contributed by atoms with Gasteiger partial charge in [0.2, 0.25) is 12.3 Å². The molecule has 8 heteroatoms. The second-order valence-corrected chi connectivity index (χ2v) is 7.67. The first-order valence-corrected chi connectivity index (χ1v) is 9.92. The standard InChI is InChI=1S/C21H26FN3O4/c22-17-7-9-18(10-8-17)23-20(27)19-6-3-11-25(19)21(28)16(13-24(29)14-26)12-15-4-1-2-5-15/h3,6-10,14-16,19,29H,1-2,4-5,11-13H2,(H,23,27)/t16-,19+/m1/s1. The molecule has 1 aromatic rings. The highest BCUT2D eigenvalue weighted by Crippen LogP contribution is 2.32. The van der Waals surface area contributed by atoms with Gasteiger partial charge < -0.3 is 10.2 Å². The predicted molar refractivity (Wildman–Crippen MR) is 104 cm³/mol. The minimum Gasteiger partial charge on any atom is -0.324 e. The zero-order valence-electron chi connectivity index (χ0n) is 16.2. The maximum Gasteiger partial charge on any atom is 0.251 e. The van der Waals surface area contributed by atoms with Gasteiger partial charge in [-0.15, -0.1) is 0 Å². The molecular weight excluding hydrogens is 377 g/mol. The molecule has 1 fully saturated rings. The number of hydroxylamine groups is 2. The van der Waals surface area contributed by atoms with Crippen molar-refractivity contribution in [2.75, 3.05) is 18.4 Å². The number of amides is 3. The van der Waals surface area contributed by atoms with E-state index in [-0.39, 0.29) is 25.4 Å². The lowest BCUT2D eigenvalue weighted by Crippen LogP contribution is -2.48. The number of halogens is 1. The van der Waals surface area contributed by atoms with Crippen LogP contribution in [0.3, 0.4) is 0 Å². The van der Waals surface area contributed by atoms with Crippen LogP contribution in [0.1, 0.15) is 32.1 Å². The minimum atomic E-state index is -0.790. The molecule has 2 atom stereocenters. The minimum absolute atomic E-state index is 0.0956. The number of hydrogen-bond donors (Lipinski definition) is 2. The molecule has 0 bridgehead atoms. The number of anilines is 1. The summed E-state index contributed by atoms with van der Waals surface area (Å²) in [6.07, 6.45) is 8.57. The topological polar surface area (TPSA) is 90.0 Å². The highest BCUT2D eigenvalue weighted by Gasteiger charge is 2.36. The lowest BCUT2D eigenvalue weighted by molar-refractivity contribution is -0.158. The number of carbonyl (C=O) groups excluding carboxylic acids is 3. The third-order valence-electron chi connectivity index (χ3n) is 5.59. The molecule has 1 saturated carbocycles. The van der Waals surface area contributed by atoms with E-state index in [0.29, 0.717) is 23.1 Å². The molecule has 0 radical (unpaired) electrons. The van der Waals surface area contributed by atoms with Gasteiger partial charge in [0, 0.05) is 12.2 Å². The summed E-state index contributed by atoms with van der Waals surface area (Å²) in [5.41, 5.74) is 0.439. The van der Waals surface area contributed by atoms with Crippen molar-refractivity contribution in [2.45, 2.75) is 38.1 Å². The summed E-state index contributed by atoms with van der Waals surface area (Å²) in [4.78, 5) is 38.2. The van der Waals surface area contributed by atoms with Crippen molar-refractivity contribution in [2.24, 2.45) is 11.8 Å². The van der Waals surface area contributed by atoms with E-state index >= 15 is 0 Å². The molecule has 3 rings (SSSR count). The van der Waals surface area contributed by atoms with Gasteiger partial charge in [0.15, 0.2) is 0 Å². The maximum absolute atomic E-state index is 13.2. The van der Waals surface area contributed by atoms with E-state index in [9.17, 15) is 24.0 Å². The van der Waals surface area contributed by atoms with E-state index in [4.69, 9.17) is 0 Å². The van der Waals surface area contributed by atoms with Crippen LogP contribution in [0, 0.1) is 17.7 Å². The Morgan fingerprint density at radius 3 is 2.62 bits per heavy atom. The van der Waals surface area contributed by atoms with Crippen LogP contribution in [0.2, 0.25) is 0 Å². The van der Waals surface area contributed by atoms with Crippen molar-refractivity contribution in [3.8, 4) is 0 Å². The molecule has 29 heavy (non-hydrogen) atoms. The van der Waals surface area contributed by atoms with Gasteiger partial charge in [-0.2, -0.15) is 0 Å². The number of carbonyl (C=O) groups is 3. The Hall–Kier alpha value is -2.74. The Balaban J connectivity index is 1.69. The zero-order valence-corrected chi connectivity index (χ0v) is 16.2. The molecule has 1 aliphatic heterocycles. The molecule has 1 aromatic carbocycles. The highest BCUT2D eigenvalue weighted by atomic mass is 19.1. The van der Waals surface area contributed by atoms with Crippen molar-refractivity contribution in [3.05, 3.63) is 42.2 Å². The SMILES string of the molecule is O=CN(O)C[C@@H](CC1CCCC1)C(=O)N1CC=C[C@H]1C(=O)Nc1ccc(F)cc1. The van der Waals surface area contributed by atoms with Crippen molar-refractivity contribution >= 4 is 23.9 Å². The van der Waals surface area contributed by atoms with Gasteiger partial charge in [0.1, 0.15) is 11.9 Å². The van der Waals surface area contributed by atoms with Crippen molar-refractivity contribution < 1.29 is 24.0 Å². The molecule has 0 unspecified atom stereocenters. The number of nitrogens with one attached hydrogen (secondary N) is 1. The van der Waals surface area contributed by atoms with E-state index in [1.807, 2.05) is 0 Å². The average molecular weight is 403 g/mol. The van der Waals surface area contributed by atoms with E-state index < -0.39 is 23.7 Å². The van der Waals surface area contributed by atoms with Gasteiger partial charge in [-0.3, -0.25) is 19.6 Å². The highest BCUT2D eigenvalue weighted by molar-refractivity contribution is 5.99. The van der Waals surface area contributed by atoms with Crippen LogP contribution in [0.25, 0.3) is 0 Å². The third kappa shape index (κ3) is 5.41. The number of nitrogens with zero attached hydrogens (tertiary/aromatic N) is 2. The molecule has 156 valence electrons. The lowest BCUT2D eigenvalue weighted by atomic mass is 9.91. The molecule has 2 N–H and O–H groups in total. The Bertz CT molecular complexity index is 762. The Morgan fingerprint density at radius 1 is 1.28 bits per heavy atom. The summed E-state index contributed by atoms with van der Waals surface area (Å²) >= 11 is 0. The van der Waals surface area contributed by atoms with Gasteiger partial charge in [-0.1, -0.05) is 37.8 Å². The molecule has 1 heterocycles. The molecular formula is C21H26FN3O4. The Labute approximate surface area is 169 Å². The van der Waals surface area contributed by atoms with Crippen molar-refractivity contribution in [3.63, 3.8) is 0 Å². The molecule has 7 nitrogen and oxygen atoms in total. The predicted octanol–water partition coefficient (Wildman–Crippen LogP) is 2.58. The zero-order chi connectivity index (χ0) is 20.8. The quantitative estimate of drug-likeness (QED) is 0.302. The summed E-state index contributed by atoms with van der Waals surface area (Å²) < 4.78 is 13.1. The largest absolute Gasteiger partial charge is 0.324 e. The monoisotopic (exact) mass is 403 g/mol. The third-order valence-corrected chi connectivity index (χ3v) is 5.59. The number of hydrogen-bond acceptors (Lipinski definition) is 4. The molecule has 0 spiro atoms. The first-order valence-electron chi connectivity index (χ1n) is 9.92. The molecule has 0 aromatic heterocycles. The summed E-state index contributed by atoms with van der Waals surface area (Å²) in [6, 6.07) is 4.61. The summed E-state index contributed by atoms with van der Waals surface area (Å²) in [5.74, 6) is -1.25. The fourth-order valence-electron chi connectivity index (χ4n) is 4.13. The van der Waals surface area contributed by atoms with Gasteiger partial charge >= 0.3 is 0 Å². The van der Waals surface area contributed by atoms with Crippen LogP contribution in [-0.4, -0.2) is 52.5 Å². The summed E-state index contributed by atoms with van der Waals surface area (Å²) in [6.45, 7) is 0.190. The Morgan fingerprint density at radius 2 is 1.97 bits per heavy atom. The average Bonchev–Trinajstić information content (AvgIpc) is 3.40. The lowest BCUT2D eigenvalue weighted by Gasteiger charge is -2.30. The molecule has 2 aliphatic rings.